The Kier molecular flexibility index (Phi) is 4.17. The Balaban J connectivity index is 2.43. The second-order valence-corrected chi connectivity index (χ2v) is 5.28. The molecule has 1 aromatic heterocycles. The Morgan fingerprint density at radius 2 is 1.83 bits per heavy atom. The molecule has 0 radical (unpaired) electrons. The van der Waals surface area contributed by atoms with Crippen molar-refractivity contribution in [2.45, 2.75) is 0 Å². The van der Waals surface area contributed by atoms with E-state index in [1.165, 1.54) is 12.4 Å². The lowest BCUT2D eigenvalue weighted by molar-refractivity contribution is 1.10. The molecule has 0 unspecified atom stereocenters. The third kappa shape index (κ3) is 2.80. The Labute approximate surface area is 125 Å². The average Bonchev–Trinajstić information content (AvgIpc) is 2.32. The van der Waals surface area contributed by atoms with Crippen molar-refractivity contribution in [3.05, 3.63) is 48.4 Å². The van der Waals surface area contributed by atoms with Crippen LogP contribution in [0.25, 0.3) is 0 Å². The smallest absolute Gasteiger partial charge is 0.267 e. The zero-order valence-corrected chi connectivity index (χ0v) is 12.5. The van der Waals surface area contributed by atoms with E-state index in [1.54, 1.807) is 6.07 Å². The van der Waals surface area contributed by atoms with Crippen molar-refractivity contribution < 1.29 is 0 Å². The molecule has 0 saturated carbocycles. The molecular weight excluding hydrogens is 364 g/mol. The molecule has 0 aliphatic carbocycles. The molecule has 0 spiro atoms. The molecule has 0 fully saturated rings. The van der Waals surface area contributed by atoms with Crippen LogP contribution in [0.5, 0.6) is 0 Å². The van der Waals surface area contributed by atoms with Gasteiger partial charge in [-0.3, -0.25) is 4.79 Å². The maximum atomic E-state index is 11.4. The summed E-state index contributed by atoms with van der Waals surface area (Å²) in [6, 6.07) is 3.07. The van der Waals surface area contributed by atoms with Crippen molar-refractivity contribution in [3.8, 4) is 0 Å². The summed E-state index contributed by atoms with van der Waals surface area (Å²) in [5.74, 6) is 0.332. The highest BCUT2D eigenvalue weighted by molar-refractivity contribution is 9.10. The van der Waals surface area contributed by atoms with E-state index in [-0.39, 0.29) is 10.0 Å². The highest BCUT2D eigenvalue weighted by atomic mass is 79.9. The van der Waals surface area contributed by atoms with E-state index in [0.717, 1.165) is 0 Å². The molecule has 8 heteroatoms. The molecule has 0 amide bonds. The van der Waals surface area contributed by atoms with Gasteiger partial charge in [0.25, 0.3) is 5.56 Å². The highest BCUT2D eigenvalue weighted by Crippen LogP contribution is 2.34. The maximum absolute atomic E-state index is 11.4. The van der Waals surface area contributed by atoms with Crippen molar-refractivity contribution in [3.63, 3.8) is 0 Å². The molecule has 1 aromatic carbocycles. The minimum atomic E-state index is -0.302. The summed E-state index contributed by atoms with van der Waals surface area (Å²) in [4.78, 5) is 17.8. The van der Waals surface area contributed by atoms with Gasteiger partial charge in [0.1, 0.15) is 4.47 Å². The molecule has 2 rings (SSSR count). The number of H-pyrrole nitrogens is 1. The number of hydrogen-bond acceptors (Lipinski definition) is 3. The number of nitrogens with one attached hydrogen (secondary N) is 2. The molecule has 2 aromatic rings. The van der Waals surface area contributed by atoms with Crippen LogP contribution >= 0.6 is 50.7 Å². The fourth-order valence-corrected chi connectivity index (χ4v) is 2.13. The Bertz CT molecular complexity index is 659. The van der Waals surface area contributed by atoms with E-state index in [4.69, 9.17) is 34.8 Å². The second kappa shape index (κ2) is 5.48. The van der Waals surface area contributed by atoms with Crippen molar-refractivity contribution in [1.29, 1.82) is 0 Å². The third-order valence-corrected chi connectivity index (χ3v) is 3.83. The molecule has 0 atom stereocenters. The quantitative estimate of drug-likeness (QED) is 0.779. The molecule has 0 saturated heterocycles. The van der Waals surface area contributed by atoms with Crippen LogP contribution in [-0.4, -0.2) is 9.97 Å². The standard InChI is InChI=1S/C10H5BrCl3N3O/c11-8-9(15-3-16-10(8)18)17-7-2-5(13)4(12)1-6(7)14/h1-3H,(H2,15,16,17,18). The lowest BCUT2D eigenvalue weighted by Crippen LogP contribution is -2.10. The zero-order chi connectivity index (χ0) is 13.3. The molecule has 94 valence electrons. The highest BCUT2D eigenvalue weighted by Gasteiger charge is 2.10. The van der Waals surface area contributed by atoms with E-state index in [0.29, 0.717) is 26.6 Å². The second-order valence-electron chi connectivity index (χ2n) is 3.27. The fourth-order valence-electron chi connectivity index (χ4n) is 1.22. The number of aromatic amines is 1. The van der Waals surface area contributed by atoms with Gasteiger partial charge in [-0.05, 0) is 28.1 Å². The summed E-state index contributed by atoms with van der Waals surface area (Å²) in [5, 5.41) is 3.97. The molecular formula is C10H5BrCl3N3O. The van der Waals surface area contributed by atoms with E-state index < -0.39 is 0 Å². The van der Waals surface area contributed by atoms with Gasteiger partial charge < -0.3 is 10.3 Å². The lowest BCUT2D eigenvalue weighted by atomic mass is 10.3. The summed E-state index contributed by atoms with van der Waals surface area (Å²) in [6.07, 6.45) is 1.28. The predicted molar refractivity (Wildman–Crippen MR) is 77.3 cm³/mol. The van der Waals surface area contributed by atoms with Crippen LogP contribution in [0.3, 0.4) is 0 Å². The Morgan fingerprint density at radius 1 is 1.17 bits per heavy atom. The first-order valence-corrected chi connectivity index (χ1v) is 6.56. The van der Waals surface area contributed by atoms with Gasteiger partial charge in [-0.15, -0.1) is 0 Å². The summed E-state index contributed by atoms with van der Waals surface area (Å²) < 4.78 is 0.270. The summed E-state index contributed by atoms with van der Waals surface area (Å²) in [7, 11) is 0. The first kappa shape index (κ1) is 13.7. The normalized spacial score (nSPS) is 10.4. The Morgan fingerprint density at radius 3 is 2.56 bits per heavy atom. The van der Waals surface area contributed by atoms with E-state index in [2.05, 4.69) is 31.2 Å². The van der Waals surface area contributed by atoms with Crippen LogP contribution in [0.2, 0.25) is 15.1 Å². The first-order chi connectivity index (χ1) is 8.49. The number of anilines is 2. The predicted octanol–water partition coefficient (Wildman–Crippen LogP) is 4.24. The summed E-state index contributed by atoms with van der Waals surface area (Å²) in [5.41, 5.74) is 0.202. The number of rotatable bonds is 2. The molecule has 2 N–H and O–H groups in total. The third-order valence-electron chi connectivity index (χ3n) is 2.06. The minimum absolute atomic E-state index is 0.270. The van der Waals surface area contributed by atoms with Crippen LogP contribution in [-0.2, 0) is 0 Å². The van der Waals surface area contributed by atoms with Gasteiger partial charge in [-0.2, -0.15) is 0 Å². The molecule has 0 aliphatic rings. The van der Waals surface area contributed by atoms with E-state index in [9.17, 15) is 4.79 Å². The average molecular weight is 369 g/mol. The Hall–Kier alpha value is -0.750. The van der Waals surface area contributed by atoms with E-state index in [1.807, 2.05) is 0 Å². The minimum Gasteiger partial charge on any atom is -0.338 e. The van der Waals surface area contributed by atoms with Crippen LogP contribution in [0.4, 0.5) is 11.5 Å². The number of halogens is 4. The number of hydrogen-bond donors (Lipinski definition) is 2. The van der Waals surface area contributed by atoms with Crippen molar-refractivity contribution in [2.24, 2.45) is 0 Å². The molecule has 1 heterocycles. The van der Waals surface area contributed by atoms with Gasteiger partial charge in [0.15, 0.2) is 5.82 Å². The van der Waals surface area contributed by atoms with Gasteiger partial charge in [-0.1, -0.05) is 34.8 Å². The number of nitrogens with zero attached hydrogens (tertiary/aromatic N) is 1. The van der Waals surface area contributed by atoms with E-state index >= 15 is 0 Å². The molecule has 0 bridgehead atoms. The SMILES string of the molecule is O=c1[nH]cnc(Nc2cc(Cl)c(Cl)cc2Cl)c1Br. The van der Waals surface area contributed by atoms with Crippen LogP contribution in [0.1, 0.15) is 0 Å². The monoisotopic (exact) mass is 367 g/mol. The summed E-state index contributed by atoms with van der Waals surface area (Å²) >= 11 is 20.8. The van der Waals surface area contributed by atoms with Gasteiger partial charge in [-0.25, -0.2) is 4.98 Å². The number of aromatic nitrogens is 2. The fraction of sp³-hybridized carbons (Fsp3) is 0. The maximum Gasteiger partial charge on any atom is 0.267 e. The summed E-state index contributed by atoms with van der Waals surface area (Å²) in [6.45, 7) is 0. The van der Waals surface area contributed by atoms with Gasteiger partial charge >= 0.3 is 0 Å². The van der Waals surface area contributed by atoms with Gasteiger partial charge in [0.05, 0.1) is 27.1 Å². The van der Waals surface area contributed by atoms with Crippen LogP contribution in [0.15, 0.2) is 27.7 Å². The van der Waals surface area contributed by atoms with Gasteiger partial charge in [0, 0.05) is 0 Å². The zero-order valence-electron chi connectivity index (χ0n) is 8.60. The largest absolute Gasteiger partial charge is 0.338 e. The lowest BCUT2D eigenvalue weighted by Gasteiger charge is -2.09. The van der Waals surface area contributed by atoms with Crippen molar-refractivity contribution in [1.82, 2.24) is 9.97 Å². The van der Waals surface area contributed by atoms with Gasteiger partial charge in [0.2, 0.25) is 0 Å². The van der Waals surface area contributed by atoms with Crippen LogP contribution in [0, 0.1) is 0 Å². The first-order valence-electron chi connectivity index (χ1n) is 4.64. The van der Waals surface area contributed by atoms with Crippen LogP contribution < -0.4 is 10.9 Å². The molecule has 18 heavy (non-hydrogen) atoms. The number of benzene rings is 1. The molecule has 0 aliphatic heterocycles. The molecule has 4 nitrogen and oxygen atoms in total. The van der Waals surface area contributed by atoms with Crippen molar-refractivity contribution in [2.75, 3.05) is 5.32 Å². The van der Waals surface area contributed by atoms with Crippen molar-refractivity contribution >= 4 is 62.2 Å². The topological polar surface area (TPSA) is 57.8 Å².